The minimum atomic E-state index is -0.139. The molecular formula is C14H23FN2O. The summed E-state index contributed by atoms with van der Waals surface area (Å²) in [6.07, 6.45) is 0. The normalized spacial score (nSPS) is 11.2. The molecule has 0 atom stereocenters. The van der Waals surface area contributed by atoms with Gasteiger partial charge in [-0.3, -0.25) is 4.90 Å². The molecule has 0 spiro atoms. The van der Waals surface area contributed by atoms with Crippen molar-refractivity contribution in [1.82, 2.24) is 10.2 Å². The Hall–Kier alpha value is -0.970. The molecule has 18 heavy (non-hydrogen) atoms. The molecule has 0 aliphatic carbocycles. The van der Waals surface area contributed by atoms with Crippen molar-refractivity contribution in [2.24, 2.45) is 0 Å². The van der Waals surface area contributed by atoms with Crippen LogP contribution in [0.2, 0.25) is 0 Å². The van der Waals surface area contributed by atoms with E-state index in [0.717, 1.165) is 30.8 Å². The van der Waals surface area contributed by atoms with Gasteiger partial charge in [-0.25, -0.2) is 4.39 Å². The lowest BCUT2D eigenvalue weighted by molar-refractivity contribution is 0.158. The number of methoxy groups -OCH3 is 1. The third kappa shape index (κ3) is 5.12. The van der Waals surface area contributed by atoms with E-state index in [1.54, 1.807) is 13.2 Å². The first kappa shape index (κ1) is 15.1. The maximum atomic E-state index is 13.7. The largest absolute Gasteiger partial charge is 0.383 e. The number of rotatable bonds is 8. The summed E-state index contributed by atoms with van der Waals surface area (Å²) in [5.74, 6) is -0.139. The third-order valence-electron chi connectivity index (χ3n) is 2.81. The highest BCUT2D eigenvalue weighted by molar-refractivity contribution is 5.25. The van der Waals surface area contributed by atoms with E-state index in [4.69, 9.17) is 4.74 Å². The van der Waals surface area contributed by atoms with Crippen LogP contribution in [-0.2, 0) is 17.8 Å². The van der Waals surface area contributed by atoms with Crippen molar-refractivity contribution in [2.75, 3.05) is 33.9 Å². The molecule has 0 heterocycles. The number of hydrogen-bond donors (Lipinski definition) is 1. The molecule has 3 nitrogen and oxygen atoms in total. The molecule has 1 rings (SSSR count). The van der Waals surface area contributed by atoms with E-state index in [1.807, 2.05) is 19.2 Å². The molecule has 1 aromatic rings. The van der Waals surface area contributed by atoms with E-state index >= 15 is 0 Å². The molecule has 0 aliphatic rings. The summed E-state index contributed by atoms with van der Waals surface area (Å²) in [6, 6.07) is 5.31. The van der Waals surface area contributed by atoms with Crippen LogP contribution in [-0.4, -0.2) is 38.8 Å². The smallest absolute Gasteiger partial charge is 0.127 e. The minimum absolute atomic E-state index is 0.139. The van der Waals surface area contributed by atoms with Gasteiger partial charge in [0.1, 0.15) is 5.82 Å². The number of halogens is 1. The lowest BCUT2D eigenvalue weighted by Gasteiger charge is -2.17. The Balaban J connectivity index is 2.62. The summed E-state index contributed by atoms with van der Waals surface area (Å²) in [4.78, 5) is 2.05. The van der Waals surface area contributed by atoms with Crippen LogP contribution in [0, 0.1) is 5.82 Å². The van der Waals surface area contributed by atoms with Crippen LogP contribution in [0.1, 0.15) is 18.1 Å². The second kappa shape index (κ2) is 8.19. The highest BCUT2D eigenvalue weighted by Crippen LogP contribution is 2.12. The molecule has 0 unspecified atom stereocenters. The standard InChI is InChI=1S/C14H23FN2O/c1-4-16-10-12-5-6-14(15)13(9-12)11-17(2)7-8-18-3/h5-6,9,16H,4,7-8,10-11H2,1-3H3. The van der Waals surface area contributed by atoms with Crippen LogP contribution in [0.25, 0.3) is 0 Å². The molecule has 1 N–H and O–H groups in total. The Bertz CT molecular complexity index is 358. The summed E-state index contributed by atoms with van der Waals surface area (Å²) < 4.78 is 18.7. The van der Waals surface area contributed by atoms with Gasteiger partial charge in [0, 0.05) is 32.3 Å². The van der Waals surface area contributed by atoms with Gasteiger partial charge in [-0.2, -0.15) is 0 Å². The number of nitrogens with zero attached hydrogens (tertiary/aromatic N) is 1. The van der Waals surface area contributed by atoms with Crippen molar-refractivity contribution in [3.63, 3.8) is 0 Å². The zero-order chi connectivity index (χ0) is 13.4. The third-order valence-corrected chi connectivity index (χ3v) is 2.81. The average Bonchev–Trinajstić information content (AvgIpc) is 2.37. The van der Waals surface area contributed by atoms with E-state index in [9.17, 15) is 4.39 Å². The van der Waals surface area contributed by atoms with Crippen LogP contribution in [0.4, 0.5) is 4.39 Å². The Morgan fingerprint density at radius 1 is 1.39 bits per heavy atom. The lowest BCUT2D eigenvalue weighted by atomic mass is 10.1. The first-order valence-corrected chi connectivity index (χ1v) is 6.32. The average molecular weight is 254 g/mol. The van der Waals surface area contributed by atoms with Crippen LogP contribution in [0.15, 0.2) is 18.2 Å². The minimum Gasteiger partial charge on any atom is -0.383 e. The van der Waals surface area contributed by atoms with Crippen LogP contribution in [0.3, 0.4) is 0 Å². The van der Waals surface area contributed by atoms with Gasteiger partial charge in [0.05, 0.1) is 6.61 Å². The van der Waals surface area contributed by atoms with Crippen LogP contribution < -0.4 is 5.32 Å². The zero-order valence-electron chi connectivity index (χ0n) is 11.5. The molecular weight excluding hydrogens is 231 g/mol. The number of nitrogens with one attached hydrogen (secondary N) is 1. The monoisotopic (exact) mass is 254 g/mol. The van der Waals surface area contributed by atoms with E-state index in [1.165, 1.54) is 0 Å². The molecule has 0 fully saturated rings. The van der Waals surface area contributed by atoms with Gasteiger partial charge in [-0.1, -0.05) is 19.1 Å². The summed E-state index contributed by atoms with van der Waals surface area (Å²) in [5, 5.41) is 3.24. The fraction of sp³-hybridized carbons (Fsp3) is 0.571. The topological polar surface area (TPSA) is 24.5 Å². The summed E-state index contributed by atoms with van der Waals surface area (Å²) in [6.45, 7) is 5.83. The zero-order valence-corrected chi connectivity index (χ0v) is 11.5. The maximum absolute atomic E-state index is 13.7. The SMILES string of the molecule is CCNCc1ccc(F)c(CN(C)CCOC)c1. The Labute approximate surface area is 109 Å². The number of ether oxygens (including phenoxy) is 1. The molecule has 4 heteroatoms. The lowest BCUT2D eigenvalue weighted by Crippen LogP contribution is -2.23. The fourth-order valence-corrected chi connectivity index (χ4v) is 1.75. The molecule has 0 amide bonds. The predicted molar refractivity (Wildman–Crippen MR) is 72.0 cm³/mol. The molecule has 0 radical (unpaired) electrons. The number of hydrogen-bond acceptors (Lipinski definition) is 3. The van der Waals surface area contributed by atoms with E-state index in [-0.39, 0.29) is 5.82 Å². The maximum Gasteiger partial charge on any atom is 0.127 e. The first-order valence-electron chi connectivity index (χ1n) is 6.32. The van der Waals surface area contributed by atoms with Crippen LogP contribution >= 0.6 is 0 Å². The molecule has 0 bridgehead atoms. The van der Waals surface area contributed by atoms with Gasteiger partial charge < -0.3 is 10.1 Å². The first-order chi connectivity index (χ1) is 8.67. The Morgan fingerprint density at radius 2 is 2.17 bits per heavy atom. The molecule has 0 saturated carbocycles. The van der Waals surface area contributed by atoms with Crippen molar-refractivity contribution in [2.45, 2.75) is 20.0 Å². The quantitative estimate of drug-likeness (QED) is 0.768. The van der Waals surface area contributed by atoms with E-state index in [2.05, 4.69) is 17.1 Å². The van der Waals surface area contributed by atoms with Crippen LogP contribution in [0.5, 0.6) is 0 Å². The van der Waals surface area contributed by atoms with Gasteiger partial charge in [-0.05, 0) is 25.2 Å². The fourth-order valence-electron chi connectivity index (χ4n) is 1.75. The molecule has 102 valence electrons. The number of benzene rings is 1. The van der Waals surface area contributed by atoms with Crippen molar-refractivity contribution in [3.05, 3.63) is 35.1 Å². The van der Waals surface area contributed by atoms with Crippen molar-refractivity contribution < 1.29 is 9.13 Å². The van der Waals surface area contributed by atoms with Gasteiger partial charge in [0.25, 0.3) is 0 Å². The molecule has 0 aliphatic heterocycles. The highest BCUT2D eigenvalue weighted by atomic mass is 19.1. The summed E-state index contributed by atoms with van der Waals surface area (Å²) >= 11 is 0. The Kier molecular flexibility index (Phi) is 6.86. The van der Waals surface area contributed by atoms with Gasteiger partial charge in [0.15, 0.2) is 0 Å². The van der Waals surface area contributed by atoms with Crippen molar-refractivity contribution in [3.8, 4) is 0 Å². The van der Waals surface area contributed by atoms with Crippen molar-refractivity contribution in [1.29, 1.82) is 0 Å². The summed E-state index contributed by atoms with van der Waals surface area (Å²) in [5.41, 5.74) is 1.86. The van der Waals surface area contributed by atoms with E-state index < -0.39 is 0 Å². The van der Waals surface area contributed by atoms with Gasteiger partial charge in [-0.15, -0.1) is 0 Å². The predicted octanol–water partition coefficient (Wildman–Crippen LogP) is 2.01. The van der Waals surface area contributed by atoms with Crippen molar-refractivity contribution >= 4 is 0 Å². The highest BCUT2D eigenvalue weighted by Gasteiger charge is 2.06. The second-order valence-electron chi connectivity index (χ2n) is 4.44. The van der Waals surface area contributed by atoms with E-state index in [0.29, 0.717) is 13.2 Å². The molecule has 0 saturated heterocycles. The molecule has 1 aromatic carbocycles. The van der Waals surface area contributed by atoms with Gasteiger partial charge in [0.2, 0.25) is 0 Å². The molecule has 0 aromatic heterocycles. The van der Waals surface area contributed by atoms with Gasteiger partial charge >= 0.3 is 0 Å². The second-order valence-corrected chi connectivity index (χ2v) is 4.44. The number of likely N-dealkylation sites (N-methyl/N-ethyl adjacent to an activating group) is 1. The summed E-state index contributed by atoms with van der Waals surface area (Å²) in [7, 11) is 3.64. The Morgan fingerprint density at radius 3 is 2.83 bits per heavy atom.